The van der Waals surface area contributed by atoms with Gasteiger partial charge in [-0.1, -0.05) is 19.3 Å². The monoisotopic (exact) mass is 260 g/mol. The summed E-state index contributed by atoms with van der Waals surface area (Å²) >= 11 is 0. The molecule has 1 nitrogen and oxygen atoms in total. The van der Waals surface area contributed by atoms with E-state index in [0.717, 1.165) is 35.5 Å². The fourth-order valence-electron chi connectivity index (χ4n) is 6.70. The second-order valence-electron chi connectivity index (χ2n) is 7.90. The van der Waals surface area contributed by atoms with Crippen molar-refractivity contribution in [2.45, 2.75) is 64.2 Å². The topological polar surface area (TPSA) is 17.1 Å². The van der Waals surface area contributed by atoms with Crippen LogP contribution in [-0.4, -0.2) is 6.29 Å². The van der Waals surface area contributed by atoms with Crippen LogP contribution < -0.4 is 0 Å². The Morgan fingerprint density at radius 3 is 2.11 bits per heavy atom. The molecule has 7 atom stereocenters. The number of hydrogen-bond acceptors (Lipinski definition) is 1. The lowest BCUT2D eigenvalue weighted by Gasteiger charge is -2.52. The van der Waals surface area contributed by atoms with Gasteiger partial charge in [0.1, 0.15) is 6.29 Å². The van der Waals surface area contributed by atoms with Crippen molar-refractivity contribution in [3.05, 3.63) is 0 Å². The molecule has 0 amide bonds. The molecule has 0 aliphatic heterocycles. The number of fused-ring (bicyclic) bond motifs is 5. The Morgan fingerprint density at radius 1 is 0.579 bits per heavy atom. The Kier molecular flexibility index (Phi) is 3.20. The Bertz CT molecular complexity index is 350. The van der Waals surface area contributed by atoms with Gasteiger partial charge in [0.25, 0.3) is 0 Å². The van der Waals surface area contributed by atoms with Gasteiger partial charge in [0.15, 0.2) is 0 Å². The van der Waals surface area contributed by atoms with Crippen molar-refractivity contribution in [3.8, 4) is 0 Å². The molecule has 4 rings (SSSR count). The lowest BCUT2D eigenvalue weighted by Crippen LogP contribution is -2.44. The first kappa shape index (κ1) is 12.4. The van der Waals surface area contributed by atoms with Crippen LogP contribution in [0.25, 0.3) is 0 Å². The van der Waals surface area contributed by atoms with Crippen LogP contribution >= 0.6 is 0 Å². The first-order chi connectivity index (χ1) is 9.38. The van der Waals surface area contributed by atoms with Crippen LogP contribution in [0.15, 0.2) is 0 Å². The van der Waals surface area contributed by atoms with Gasteiger partial charge in [-0.3, -0.25) is 0 Å². The van der Waals surface area contributed by atoms with Gasteiger partial charge < -0.3 is 4.79 Å². The van der Waals surface area contributed by atoms with Crippen LogP contribution in [0.5, 0.6) is 0 Å². The first-order valence-corrected chi connectivity index (χ1v) is 8.84. The van der Waals surface area contributed by atoms with Crippen molar-refractivity contribution in [1.29, 1.82) is 0 Å². The van der Waals surface area contributed by atoms with Crippen LogP contribution in [0.3, 0.4) is 0 Å². The molecule has 19 heavy (non-hydrogen) atoms. The predicted molar refractivity (Wildman–Crippen MR) is 76.7 cm³/mol. The molecule has 4 saturated carbocycles. The first-order valence-electron chi connectivity index (χ1n) is 8.84. The molecule has 0 bridgehead atoms. The summed E-state index contributed by atoms with van der Waals surface area (Å²) in [5.74, 6) is 6.33. The SMILES string of the molecule is O=CC1CC[C@H]2[C@@H]3CC[C@H]4CCCC[C@@H]4[C@H]3CC[C@H]12. The number of hydrogen-bond donors (Lipinski definition) is 0. The summed E-state index contributed by atoms with van der Waals surface area (Å²) in [6.45, 7) is 0. The van der Waals surface area contributed by atoms with E-state index in [0.29, 0.717) is 5.92 Å². The summed E-state index contributed by atoms with van der Waals surface area (Å²) in [4.78, 5) is 11.3. The van der Waals surface area contributed by atoms with E-state index in [1.54, 1.807) is 0 Å². The molecular formula is C18H28O. The quantitative estimate of drug-likeness (QED) is 0.636. The van der Waals surface area contributed by atoms with Gasteiger partial charge in [-0.25, -0.2) is 0 Å². The van der Waals surface area contributed by atoms with Crippen LogP contribution in [-0.2, 0) is 4.79 Å². The van der Waals surface area contributed by atoms with Crippen LogP contribution in [0.4, 0.5) is 0 Å². The highest BCUT2D eigenvalue weighted by molar-refractivity contribution is 5.54. The number of aldehydes is 1. The van der Waals surface area contributed by atoms with Gasteiger partial charge >= 0.3 is 0 Å². The van der Waals surface area contributed by atoms with Crippen molar-refractivity contribution in [3.63, 3.8) is 0 Å². The van der Waals surface area contributed by atoms with Crippen LogP contribution in [0.2, 0.25) is 0 Å². The van der Waals surface area contributed by atoms with Crippen LogP contribution in [0, 0.1) is 41.4 Å². The summed E-state index contributed by atoms with van der Waals surface area (Å²) in [6, 6.07) is 0. The lowest BCUT2D eigenvalue weighted by molar-refractivity contribution is -0.113. The minimum atomic E-state index is 0.426. The second kappa shape index (κ2) is 4.90. The molecule has 1 heteroatoms. The highest BCUT2D eigenvalue weighted by Crippen LogP contribution is 2.58. The van der Waals surface area contributed by atoms with Crippen LogP contribution in [0.1, 0.15) is 64.2 Å². The van der Waals surface area contributed by atoms with Gasteiger partial charge in [-0.15, -0.1) is 0 Å². The zero-order valence-corrected chi connectivity index (χ0v) is 12.1. The van der Waals surface area contributed by atoms with E-state index in [1.165, 1.54) is 70.5 Å². The standard InChI is InChI=1S/C18H28O/c19-11-13-6-8-16-15(13)9-10-17-14-4-2-1-3-12(14)5-7-18(16)17/h11-18H,1-10H2/t12-,13?,14+,15-,16-,17-,18+/m1/s1. The molecule has 0 N–H and O–H groups in total. The molecule has 4 fully saturated rings. The Morgan fingerprint density at radius 2 is 1.21 bits per heavy atom. The van der Waals surface area contributed by atoms with Crippen molar-refractivity contribution in [1.82, 2.24) is 0 Å². The van der Waals surface area contributed by atoms with E-state index in [9.17, 15) is 4.79 Å². The Hall–Kier alpha value is -0.330. The molecule has 0 radical (unpaired) electrons. The molecule has 4 aliphatic carbocycles. The fourth-order valence-corrected chi connectivity index (χ4v) is 6.70. The Labute approximate surface area is 117 Å². The summed E-state index contributed by atoms with van der Waals surface area (Å²) in [5.41, 5.74) is 0. The second-order valence-corrected chi connectivity index (χ2v) is 7.90. The third-order valence-electron chi connectivity index (χ3n) is 7.43. The smallest absolute Gasteiger partial charge is 0.123 e. The normalized spacial score (nSPS) is 52.9. The van der Waals surface area contributed by atoms with Gasteiger partial charge in [-0.2, -0.15) is 0 Å². The largest absolute Gasteiger partial charge is 0.303 e. The minimum Gasteiger partial charge on any atom is -0.303 e. The molecule has 0 saturated heterocycles. The summed E-state index contributed by atoms with van der Waals surface area (Å²) in [7, 11) is 0. The fraction of sp³-hybridized carbons (Fsp3) is 0.944. The molecule has 0 spiro atoms. The predicted octanol–water partition coefficient (Wildman–Crippen LogP) is 4.45. The molecule has 0 heterocycles. The van der Waals surface area contributed by atoms with E-state index in [4.69, 9.17) is 0 Å². The zero-order valence-electron chi connectivity index (χ0n) is 12.1. The molecule has 0 aromatic rings. The van der Waals surface area contributed by atoms with Crippen molar-refractivity contribution in [2.24, 2.45) is 41.4 Å². The van der Waals surface area contributed by atoms with Gasteiger partial charge in [-0.05, 0) is 80.5 Å². The van der Waals surface area contributed by atoms with E-state index in [2.05, 4.69) is 0 Å². The molecule has 0 aromatic heterocycles. The average molecular weight is 260 g/mol. The van der Waals surface area contributed by atoms with Crippen molar-refractivity contribution in [2.75, 3.05) is 0 Å². The van der Waals surface area contributed by atoms with Gasteiger partial charge in [0.2, 0.25) is 0 Å². The maximum absolute atomic E-state index is 11.3. The highest BCUT2D eigenvalue weighted by atomic mass is 16.1. The zero-order chi connectivity index (χ0) is 12.8. The summed E-state index contributed by atoms with van der Waals surface area (Å²) in [6.07, 6.45) is 15.8. The maximum Gasteiger partial charge on any atom is 0.123 e. The molecular weight excluding hydrogens is 232 g/mol. The molecule has 106 valence electrons. The third kappa shape index (κ3) is 1.91. The number of carbonyl (C=O) groups excluding carboxylic acids is 1. The Balaban J connectivity index is 1.54. The molecule has 4 aliphatic rings. The molecule has 0 aromatic carbocycles. The summed E-state index contributed by atoms with van der Waals surface area (Å²) < 4.78 is 0. The summed E-state index contributed by atoms with van der Waals surface area (Å²) in [5, 5.41) is 0. The van der Waals surface area contributed by atoms with Crippen molar-refractivity contribution >= 4 is 6.29 Å². The van der Waals surface area contributed by atoms with E-state index < -0.39 is 0 Å². The molecule has 1 unspecified atom stereocenters. The van der Waals surface area contributed by atoms with E-state index in [-0.39, 0.29) is 0 Å². The van der Waals surface area contributed by atoms with Gasteiger partial charge in [0, 0.05) is 5.92 Å². The van der Waals surface area contributed by atoms with Gasteiger partial charge in [0.05, 0.1) is 0 Å². The van der Waals surface area contributed by atoms with E-state index in [1.807, 2.05) is 0 Å². The lowest BCUT2D eigenvalue weighted by atomic mass is 9.53. The van der Waals surface area contributed by atoms with E-state index >= 15 is 0 Å². The number of carbonyl (C=O) groups is 1. The highest BCUT2D eigenvalue weighted by Gasteiger charge is 2.50. The third-order valence-corrected chi connectivity index (χ3v) is 7.43. The minimum absolute atomic E-state index is 0.426. The van der Waals surface area contributed by atoms with Crippen molar-refractivity contribution < 1.29 is 4.79 Å². The number of rotatable bonds is 1. The average Bonchev–Trinajstić information content (AvgIpc) is 2.90. The maximum atomic E-state index is 11.3.